The van der Waals surface area contributed by atoms with Crippen LogP contribution in [0.4, 0.5) is 0 Å². The fraction of sp³-hybridized carbons (Fsp3) is 0.615. The summed E-state index contributed by atoms with van der Waals surface area (Å²) >= 11 is 1.59. The van der Waals surface area contributed by atoms with Gasteiger partial charge in [-0.2, -0.15) is 0 Å². The molecule has 2 heterocycles. The molecule has 0 aliphatic heterocycles. The number of nitrogens with zero attached hydrogens (tertiary/aromatic N) is 3. The summed E-state index contributed by atoms with van der Waals surface area (Å²) in [5.74, 6) is 1.24. The van der Waals surface area contributed by atoms with E-state index in [1.54, 1.807) is 11.3 Å². The highest BCUT2D eigenvalue weighted by Gasteiger charge is 2.19. The summed E-state index contributed by atoms with van der Waals surface area (Å²) in [4.78, 5) is 5.36. The average molecular weight is 280 g/mol. The molecule has 0 saturated heterocycles. The molecule has 0 aliphatic carbocycles. The maximum atomic E-state index is 5.80. The lowest BCUT2D eigenvalue weighted by molar-refractivity contribution is 0.396. The monoisotopic (exact) mass is 280 g/mol. The van der Waals surface area contributed by atoms with E-state index in [2.05, 4.69) is 34.3 Å². The van der Waals surface area contributed by atoms with Gasteiger partial charge < -0.3 is 9.73 Å². The molecule has 5 nitrogen and oxygen atoms in total. The summed E-state index contributed by atoms with van der Waals surface area (Å²) in [5.41, 5.74) is 0.951. The van der Waals surface area contributed by atoms with Gasteiger partial charge >= 0.3 is 0 Å². The van der Waals surface area contributed by atoms with Crippen LogP contribution in [-0.4, -0.2) is 21.7 Å². The first-order valence-corrected chi connectivity index (χ1v) is 7.48. The molecule has 0 bridgehead atoms. The van der Waals surface area contributed by atoms with Gasteiger partial charge in [0.05, 0.1) is 16.7 Å². The van der Waals surface area contributed by atoms with E-state index < -0.39 is 0 Å². The third-order valence-electron chi connectivity index (χ3n) is 2.89. The van der Waals surface area contributed by atoms with Gasteiger partial charge in [-0.1, -0.05) is 13.8 Å². The molecule has 0 radical (unpaired) electrons. The fourth-order valence-corrected chi connectivity index (χ4v) is 2.76. The molecule has 0 fully saturated rings. The molecule has 0 amide bonds. The van der Waals surface area contributed by atoms with Crippen LogP contribution in [0.5, 0.6) is 0 Å². The first kappa shape index (κ1) is 14.1. The molecule has 1 unspecified atom stereocenters. The lowest BCUT2D eigenvalue weighted by Gasteiger charge is -2.11. The average Bonchev–Trinajstić information content (AvgIpc) is 2.97. The van der Waals surface area contributed by atoms with Crippen molar-refractivity contribution in [1.82, 2.24) is 20.5 Å². The third-order valence-corrected chi connectivity index (χ3v) is 3.95. The quantitative estimate of drug-likeness (QED) is 0.880. The van der Waals surface area contributed by atoms with Gasteiger partial charge in [-0.3, -0.25) is 0 Å². The van der Waals surface area contributed by atoms with Gasteiger partial charge in [0.15, 0.2) is 0 Å². The van der Waals surface area contributed by atoms with Gasteiger partial charge in [0.25, 0.3) is 5.89 Å². The predicted octanol–water partition coefficient (Wildman–Crippen LogP) is 3.26. The Morgan fingerprint density at radius 2 is 2.05 bits per heavy atom. The number of hydrogen-bond donors (Lipinski definition) is 1. The Labute approximate surface area is 117 Å². The first-order chi connectivity index (χ1) is 9.15. The summed E-state index contributed by atoms with van der Waals surface area (Å²) in [6.45, 7) is 9.15. The fourth-order valence-electron chi connectivity index (χ4n) is 1.92. The van der Waals surface area contributed by atoms with E-state index in [9.17, 15) is 0 Å². The molecule has 104 valence electrons. The minimum absolute atomic E-state index is 0.135. The zero-order chi connectivity index (χ0) is 13.8. The van der Waals surface area contributed by atoms with Crippen molar-refractivity contribution in [3.8, 4) is 10.8 Å². The molecule has 0 aromatic carbocycles. The van der Waals surface area contributed by atoms with E-state index in [0.29, 0.717) is 11.8 Å². The molecule has 0 spiro atoms. The molecule has 2 rings (SSSR count). The zero-order valence-corrected chi connectivity index (χ0v) is 12.7. The van der Waals surface area contributed by atoms with E-state index >= 15 is 0 Å². The van der Waals surface area contributed by atoms with Crippen LogP contribution in [0.25, 0.3) is 10.8 Å². The summed E-state index contributed by atoms with van der Waals surface area (Å²) in [7, 11) is 0. The van der Waals surface area contributed by atoms with Crippen molar-refractivity contribution in [2.75, 3.05) is 6.54 Å². The van der Waals surface area contributed by atoms with E-state index in [4.69, 9.17) is 4.42 Å². The van der Waals surface area contributed by atoms with Crippen molar-refractivity contribution in [1.29, 1.82) is 0 Å². The van der Waals surface area contributed by atoms with Crippen molar-refractivity contribution in [3.63, 3.8) is 0 Å². The van der Waals surface area contributed by atoms with Crippen molar-refractivity contribution >= 4 is 11.3 Å². The number of nitrogens with one attached hydrogen (secondary N) is 1. The van der Waals surface area contributed by atoms with E-state index in [-0.39, 0.29) is 6.04 Å². The Morgan fingerprint density at radius 3 is 2.63 bits per heavy atom. The van der Waals surface area contributed by atoms with Crippen LogP contribution < -0.4 is 5.32 Å². The van der Waals surface area contributed by atoms with Crippen molar-refractivity contribution in [3.05, 3.63) is 16.6 Å². The zero-order valence-electron chi connectivity index (χ0n) is 11.9. The summed E-state index contributed by atoms with van der Waals surface area (Å²) < 4.78 is 5.80. The van der Waals surface area contributed by atoms with Crippen LogP contribution in [0.1, 0.15) is 49.3 Å². The van der Waals surface area contributed by atoms with Crippen molar-refractivity contribution in [2.24, 2.45) is 0 Å². The van der Waals surface area contributed by atoms with E-state index in [0.717, 1.165) is 35.0 Å². The third kappa shape index (κ3) is 3.19. The molecular weight excluding hydrogens is 260 g/mol. The lowest BCUT2D eigenvalue weighted by Crippen LogP contribution is -2.21. The number of aromatic nitrogens is 3. The standard InChI is InChI=1S/C13H20N4OS/c1-5-7-14-10(6-2)12-16-17-13(18-12)11-8(3)15-9(4)19-11/h10,14H,5-7H2,1-4H3. The summed E-state index contributed by atoms with van der Waals surface area (Å²) in [6.07, 6.45) is 2.02. The summed E-state index contributed by atoms with van der Waals surface area (Å²) in [6, 6.07) is 0.135. The normalized spacial score (nSPS) is 12.8. The van der Waals surface area contributed by atoms with Gasteiger partial charge in [0, 0.05) is 0 Å². The minimum Gasteiger partial charge on any atom is -0.418 e. The second-order valence-electron chi connectivity index (χ2n) is 4.51. The van der Waals surface area contributed by atoms with Crippen LogP contribution in [0, 0.1) is 13.8 Å². The van der Waals surface area contributed by atoms with Crippen LogP contribution >= 0.6 is 11.3 Å². The molecule has 1 atom stereocenters. The van der Waals surface area contributed by atoms with E-state index in [1.165, 1.54) is 0 Å². The minimum atomic E-state index is 0.135. The van der Waals surface area contributed by atoms with Gasteiger partial charge in [0.1, 0.15) is 4.88 Å². The number of hydrogen-bond acceptors (Lipinski definition) is 6. The second-order valence-corrected chi connectivity index (χ2v) is 5.71. The smallest absolute Gasteiger partial charge is 0.259 e. The SMILES string of the molecule is CCCNC(CC)c1nnc(-c2sc(C)nc2C)o1. The highest BCUT2D eigenvalue weighted by molar-refractivity contribution is 7.15. The number of aryl methyl sites for hydroxylation is 2. The Hall–Kier alpha value is -1.27. The molecule has 2 aromatic heterocycles. The Morgan fingerprint density at radius 1 is 1.26 bits per heavy atom. The molecule has 6 heteroatoms. The van der Waals surface area contributed by atoms with Crippen LogP contribution in [-0.2, 0) is 0 Å². The van der Waals surface area contributed by atoms with Gasteiger partial charge in [-0.05, 0) is 33.2 Å². The number of rotatable bonds is 6. The highest BCUT2D eigenvalue weighted by atomic mass is 32.1. The van der Waals surface area contributed by atoms with Crippen LogP contribution in [0.15, 0.2) is 4.42 Å². The lowest BCUT2D eigenvalue weighted by atomic mass is 10.2. The topological polar surface area (TPSA) is 63.8 Å². The first-order valence-electron chi connectivity index (χ1n) is 6.66. The Bertz CT molecular complexity index is 534. The second kappa shape index (κ2) is 6.25. The molecule has 2 aromatic rings. The van der Waals surface area contributed by atoms with Crippen LogP contribution in [0.2, 0.25) is 0 Å². The molecule has 0 saturated carbocycles. The van der Waals surface area contributed by atoms with Gasteiger partial charge in [0.2, 0.25) is 5.89 Å². The Kier molecular flexibility index (Phi) is 4.66. The largest absolute Gasteiger partial charge is 0.418 e. The van der Waals surface area contributed by atoms with Crippen molar-refractivity contribution < 1.29 is 4.42 Å². The Balaban J connectivity index is 2.20. The molecule has 1 N–H and O–H groups in total. The van der Waals surface area contributed by atoms with Crippen molar-refractivity contribution in [2.45, 2.75) is 46.6 Å². The molecule has 0 aliphatic rings. The van der Waals surface area contributed by atoms with Crippen LogP contribution in [0.3, 0.4) is 0 Å². The maximum Gasteiger partial charge on any atom is 0.259 e. The number of thiazole rings is 1. The van der Waals surface area contributed by atoms with E-state index in [1.807, 2.05) is 13.8 Å². The summed E-state index contributed by atoms with van der Waals surface area (Å²) in [5, 5.41) is 12.7. The van der Waals surface area contributed by atoms with Gasteiger partial charge in [-0.25, -0.2) is 4.98 Å². The van der Waals surface area contributed by atoms with Gasteiger partial charge in [-0.15, -0.1) is 21.5 Å². The highest BCUT2D eigenvalue weighted by Crippen LogP contribution is 2.29. The maximum absolute atomic E-state index is 5.80. The predicted molar refractivity (Wildman–Crippen MR) is 76.2 cm³/mol. The molecule has 19 heavy (non-hydrogen) atoms. The molecular formula is C13H20N4OS.